The van der Waals surface area contributed by atoms with Crippen molar-refractivity contribution in [2.24, 2.45) is 5.73 Å². The van der Waals surface area contributed by atoms with E-state index >= 15 is 0 Å². The number of rotatable bonds is 2. The molecule has 0 saturated carbocycles. The molecule has 1 fully saturated rings. The van der Waals surface area contributed by atoms with E-state index in [1.807, 2.05) is 11.0 Å². The van der Waals surface area contributed by atoms with Gasteiger partial charge in [0, 0.05) is 25.0 Å². The molecule has 0 bridgehead atoms. The third-order valence-electron chi connectivity index (χ3n) is 4.27. The largest absolute Gasteiger partial charge is 0.367 e. The van der Waals surface area contributed by atoms with Gasteiger partial charge < -0.3 is 10.6 Å². The first-order chi connectivity index (χ1) is 10.5. The highest BCUT2D eigenvalue weighted by Crippen LogP contribution is 2.31. The lowest BCUT2D eigenvalue weighted by atomic mass is 9.87. The van der Waals surface area contributed by atoms with Crippen molar-refractivity contribution in [1.29, 1.82) is 0 Å². The van der Waals surface area contributed by atoms with E-state index in [1.165, 1.54) is 17.2 Å². The van der Waals surface area contributed by atoms with Crippen LogP contribution in [0.2, 0.25) is 0 Å². The smallest absolute Gasteiger partial charge is 0.182 e. The van der Waals surface area contributed by atoms with Crippen molar-refractivity contribution in [2.45, 2.75) is 25.3 Å². The van der Waals surface area contributed by atoms with Crippen LogP contribution in [0, 0.1) is 18.6 Å². The van der Waals surface area contributed by atoms with Crippen molar-refractivity contribution in [3.63, 3.8) is 0 Å². The highest BCUT2D eigenvalue weighted by atomic mass is 19.2. The van der Waals surface area contributed by atoms with Crippen LogP contribution in [0.15, 0.2) is 42.5 Å². The molecule has 2 nitrogen and oxygen atoms in total. The first kappa shape index (κ1) is 15.0. The Morgan fingerprint density at radius 3 is 2.64 bits per heavy atom. The highest BCUT2D eigenvalue weighted by Gasteiger charge is 2.28. The number of hydrogen-bond donors (Lipinski definition) is 1. The molecule has 1 heterocycles. The van der Waals surface area contributed by atoms with Crippen LogP contribution in [0.3, 0.4) is 0 Å². The lowest BCUT2D eigenvalue weighted by molar-refractivity contribution is 0.442. The van der Waals surface area contributed by atoms with Crippen molar-refractivity contribution in [3.05, 3.63) is 65.2 Å². The average molecular weight is 302 g/mol. The van der Waals surface area contributed by atoms with Crippen LogP contribution >= 0.6 is 0 Å². The van der Waals surface area contributed by atoms with Crippen molar-refractivity contribution in [3.8, 4) is 0 Å². The molecule has 0 aliphatic carbocycles. The van der Waals surface area contributed by atoms with Crippen molar-refractivity contribution >= 4 is 5.69 Å². The van der Waals surface area contributed by atoms with Gasteiger partial charge in [-0.3, -0.25) is 0 Å². The summed E-state index contributed by atoms with van der Waals surface area (Å²) in [5, 5.41) is 0. The van der Waals surface area contributed by atoms with Gasteiger partial charge in [-0.2, -0.15) is 0 Å². The summed E-state index contributed by atoms with van der Waals surface area (Å²) in [6, 6.07) is 12.5. The van der Waals surface area contributed by atoms with Crippen LogP contribution in [0.5, 0.6) is 0 Å². The predicted molar refractivity (Wildman–Crippen MR) is 85.1 cm³/mol. The van der Waals surface area contributed by atoms with Crippen molar-refractivity contribution in [2.75, 3.05) is 18.0 Å². The fraction of sp³-hybridized carbons (Fsp3) is 0.333. The van der Waals surface area contributed by atoms with Gasteiger partial charge in [-0.15, -0.1) is 0 Å². The molecule has 1 aliphatic heterocycles. The Morgan fingerprint density at radius 2 is 1.86 bits per heavy atom. The number of benzene rings is 2. The molecular weight excluding hydrogens is 282 g/mol. The van der Waals surface area contributed by atoms with E-state index in [1.54, 1.807) is 6.07 Å². The molecule has 1 saturated heterocycles. The van der Waals surface area contributed by atoms with Gasteiger partial charge in [0.2, 0.25) is 0 Å². The minimum absolute atomic E-state index is 0.0538. The van der Waals surface area contributed by atoms with E-state index in [9.17, 15) is 8.78 Å². The molecule has 22 heavy (non-hydrogen) atoms. The average Bonchev–Trinajstić information content (AvgIpc) is 2.49. The van der Waals surface area contributed by atoms with Gasteiger partial charge in [-0.1, -0.05) is 35.9 Å². The van der Waals surface area contributed by atoms with Crippen LogP contribution in [-0.2, 0) is 0 Å². The molecule has 2 atom stereocenters. The quantitative estimate of drug-likeness (QED) is 0.918. The third kappa shape index (κ3) is 2.97. The number of halogens is 2. The van der Waals surface area contributed by atoms with Crippen LogP contribution in [0.4, 0.5) is 14.5 Å². The Kier molecular flexibility index (Phi) is 4.12. The zero-order chi connectivity index (χ0) is 15.7. The fourth-order valence-electron chi connectivity index (χ4n) is 3.24. The van der Waals surface area contributed by atoms with E-state index in [2.05, 4.69) is 25.1 Å². The standard InChI is InChI=1S/C18H20F2N2/c1-12-4-2-5-13(8-12)14-9-15(21)11-22(10-14)17-7-3-6-16(19)18(17)20/h2-8,14-15H,9-11,21H2,1H3. The number of hydrogen-bond acceptors (Lipinski definition) is 2. The molecular formula is C18H20F2N2. The number of nitrogens with two attached hydrogens (primary N) is 1. The molecule has 2 aromatic rings. The van der Waals surface area contributed by atoms with Gasteiger partial charge in [0.05, 0.1) is 5.69 Å². The molecule has 4 heteroatoms. The number of anilines is 1. The van der Waals surface area contributed by atoms with Crippen molar-refractivity contribution < 1.29 is 8.78 Å². The Balaban J connectivity index is 1.89. The summed E-state index contributed by atoms with van der Waals surface area (Å²) in [5.74, 6) is -1.38. The highest BCUT2D eigenvalue weighted by molar-refractivity contribution is 5.49. The molecule has 2 unspecified atom stereocenters. The van der Waals surface area contributed by atoms with Crippen LogP contribution in [0.25, 0.3) is 0 Å². The van der Waals surface area contributed by atoms with Gasteiger partial charge in [0.15, 0.2) is 11.6 Å². The van der Waals surface area contributed by atoms with Gasteiger partial charge in [-0.25, -0.2) is 8.78 Å². The summed E-state index contributed by atoms with van der Waals surface area (Å²) in [6.07, 6.45) is 0.858. The molecule has 3 rings (SSSR count). The van der Waals surface area contributed by atoms with E-state index in [4.69, 9.17) is 5.73 Å². The summed E-state index contributed by atoms with van der Waals surface area (Å²) in [4.78, 5) is 1.86. The Hall–Kier alpha value is -1.94. The van der Waals surface area contributed by atoms with Gasteiger partial charge >= 0.3 is 0 Å². The summed E-state index contributed by atoms with van der Waals surface area (Å²) in [7, 11) is 0. The topological polar surface area (TPSA) is 29.3 Å². The predicted octanol–water partition coefficient (Wildman–Crippen LogP) is 3.59. The molecule has 0 aromatic heterocycles. The van der Waals surface area contributed by atoms with Gasteiger partial charge in [-0.05, 0) is 31.0 Å². The molecule has 0 spiro atoms. The number of piperidine rings is 1. The Labute approximate surface area is 129 Å². The molecule has 0 amide bonds. The van der Waals surface area contributed by atoms with Gasteiger partial charge in [0.1, 0.15) is 0 Å². The lowest BCUT2D eigenvalue weighted by Crippen LogP contribution is -2.46. The third-order valence-corrected chi connectivity index (χ3v) is 4.27. The van der Waals surface area contributed by atoms with Crippen molar-refractivity contribution in [1.82, 2.24) is 0 Å². The lowest BCUT2D eigenvalue weighted by Gasteiger charge is -2.38. The van der Waals surface area contributed by atoms with Crippen LogP contribution in [0.1, 0.15) is 23.5 Å². The SMILES string of the molecule is Cc1cccc(C2CC(N)CN(c3cccc(F)c3F)C2)c1. The maximum absolute atomic E-state index is 14.0. The second-order valence-electron chi connectivity index (χ2n) is 6.08. The zero-order valence-electron chi connectivity index (χ0n) is 12.6. The number of aryl methyl sites for hydroxylation is 1. The summed E-state index contributed by atoms with van der Waals surface area (Å²) in [5.41, 5.74) is 8.86. The minimum atomic E-state index is -0.816. The minimum Gasteiger partial charge on any atom is -0.367 e. The summed E-state index contributed by atoms with van der Waals surface area (Å²) in [6.45, 7) is 3.25. The molecule has 1 aliphatic rings. The van der Waals surface area contributed by atoms with E-state index in [0.29, 0.717) is 18.8 Å². The maximum atomic E-state index is 14.0. The second-order valence-corrected chi connectivity index (χ2v) is 6.08. The molecule has 2 N–H and O–H groups in total. The van der Waals surface area contributed by atoms with Crippen LogP contribution < -0.4 is 10.6 Å². The van der Waals surface area contributed by atoms with Crippen LogP contribution in [-0.4, -0.2) is 19.1 Å². The fourth-order valence-corrected chi connectivity index (χ4v) is 3.24. The van der Waals surface area contributed by atoms with E-state index < -0.39 is 11.6 Å². The van der Waals surface area contributed by atoms with Gasteiger partial charge in [0.25, 0.3) is 0 Å². The normalized spacial score (nSPS) is 21.9. The van der Waals surface area contributed by atoms with E-state index in [-0.39, 0.29) is 12.0 Å². The number of nitrogens with zero attached hydrogens (tertiary/aromatic N) is 1. The van der Waals surface area contributed by atoms with E-state index in [0.717, 1.165) is 12.5 Å². The molecule has 0 radical (unpaired) electrons. The second kappa shape index (κ2) is 6.05. The first-order valence-corrected chi connectivity index (χ1v) is 7.55. The molecule has 116 valence electrons. The zero-order valence-corrected chi connectivity index (χ0v) is 12.6. The summed E-state index contributed by atoms with van der Waals surface area (Å²) < 4.78 is 27.5. The summed E-state index contributed by atoms with van der Waals surface area (Å²) >= 11 is 0. The Morgan fingerprint density at radius 1 is 1.09 bits per heavy atom. The first-order valence-electron chi connectivity index (χ1n) is 7.55. The maximum Gasteiger partial charge on any atom is 0.182 e. The monoisotopic (exact) mass is 302 g/mol. The molecule has 2 aromatic carbocycles. The Bertz CT molecular complexity index is 672.